The number of amides is 1. The van der Waals surface area contributed by atoms with Crippen LogP contribution in [-0.2, 0) is 4.79 Å². The summed E-state index contributed by atoms with van der Waals surface area (Å²) in [5.41, 5.74) is 0. The first kappa shape index (κ1) is 14.1. The number of hydrogen-bond acceptors (Lipinski definition) is 5. The largest absolute Gasteiger partial charge is 0.477 e. The SMILES string of the molecule is CCOc1cncc(N2CCN(C(=O)C3CC3C)CC2)n1. The van der Waals surface area contributed by atoms with Gasteiger partial charge in [-0.2, -0.15) is 4.98 Å². The van der Waals surface area contributed by atoms with Crippen molar-refractivity contribution in [2.75, 3.05) is 37.7 Å². The molecular weight excluding hydrogens is 268 g/mol. The zero-order chi connectivity index (χ0) is 14.8. The number of aromatic nitrogens is 2. The standard InChI is InChI=1S/C15H22N4O2/c1-3-21-14-10-16-9-13(17-14)18-4-6-19(7-5-18)15(20)12-8-11(12)2/h9-12H,3-8H2,1-2H3. The van der Waals surface area contributed by atoms with Crippen LogP contribution in [0.25, 0.3) is 0 Å². The molecule has 1 aromatic heterocycles. The molecule has 1 aromatic rings. The maximum absolute atomic E-state index is 12.2. The summed E-state index contributed by atoms with van der Waals surface area (Å²) in [6.07, 6.45) is 4.44. The molecule has 114 valence electrons. The monoisotopic (exact) mass is 290 g/mol. The van der Waals surface area contributed by atoms with Crippen molar-refractivity contribution in [2.45, 2.75) is 20.3 Å². The van der Waals surface area contributed by atoms with E-state index < -0.39 is 0 Å². The Morgan fingerprint density at radius 2 is 2.05 bits per heavy atom. The van der Waals surface area contributed by atoms with E-state index in [4.69, 9.17) is 4.74 Å². The predicted molar refractivity (Wildman–Crippen MR) is 79.3 cm³/mol. The first-order valence-electron chi connectivity index (χ1n) is 7.67. The molecule has 2 atom stereocenters. The van der Waals surface area contributed by atoms with E-state index in [2.05, 4.69) is 21.8 Å². The number of carbonyl (C=O) groups is 1. The second kappa shape index (κ2) is 5.87. The molecule has 0 aromatic carbocycles. The summed E-state index contributed by atoms with van der Waals surface area (Å²) in [5.74, 6) is 2.56. The molecule has 1 aliphatic heterocycles. The minimum Gasteiger partial charge on any atom is -0.477 e. The van der Waals surface area contributed by atoms with Crippen LogP contribution in [0.3, 0.4) is 0 Å². The fourth-order valence-corrected chi connectivity index (χ4v) is 2.76. The fourth-order valence-electron chi connectivity index (χ4n) is 2.76. The Kier molecular flexibility index (Phi) is 3.94. The van der Waals surface area contributed by atoms with Gasteiger partial charge in [0.2, 0.25) is 11.8 Å². The Morgan fingerprint density at radius 3 is 2.67 bits per heavy atom. The average Bonchev–Trinajstić information content (AvgIpc) is 3.24. The first-order valence-corrected chi connectivity index (χ1v) is 7.67. The smallest absolute Gasteiger partial charge is 0.234 e. The van der Waals surface area contributed by atoms with Crippen LogP contribution in [0.15, 0.2) is 12.4 Å². The van der Waals surface area contributed by atoms with Gasteiger partial charge in [-0.3, -0.25) is 9.78 Å². The zero-order valence-electron chi connectivity index (χ0n) is 12.7. The minimum atomic E-state index is 0.276. The van der Waals surface area contributed by atoms with Crippen LogP contribution in [0.1, 0.15) is 20.3 Å². The molecule has 1 amide bonds. The molecule has 2 fully saturated rings. The Bertz CT molecular complexity index is 514. The Labute approximate surface area is 125 Å². The summed E-state index contributed by atoms with van der Waals surface area (Å²) in [6.45, 7) is 7.80. The molecule has 3 rings (SSSR count). The Balaban J connectivity index is 1.58. The lowest BCUT2D eigenvalue weighted by Crippen LogP contribution is -2.49. The molecule has 6 nitrogen and oxygen atoms in total. The topological polar surface area (TPSA) is 58.6 Å². The van der Waals surface area contributed by atoms with Gasteiger partial charge in [0.05, 0.1) is 19.0 Å². The van der Waals surface area contributed by atoms with Crippen LogP contribution in [0, 0.1) is 11.8 Å². The van der Waals surface area contributed by atoms with E-state index in [1.54, 1.807) is 12.4 Å². The van der Waals surface area contributed by atoms with Crippen LogP contribution in [-0.4, -0.2) is 53.6 Å². The van der Waals surface area contributed by atoms with E-state index in [0.717, 1.165) is 38.4 Å². The molecule has 1 saturated carbocycles. The number of anilines is 1. The number of hydrogen-bond donors (Lipinski definition) is 0. The summed E-state index contributed by atoms with van der Waals surface area (Å²) in [6, 6.07) is 0. The number of nitrogens with zero attached hydrogens (tertiary/aromatic N) is 4. The van der Waals surface area contributed by atoms with Gasteiger partial charge in [0.25, 0.3) is 0 Å². The van der Waals surface area contributed by atoms with Gasteiger partial charge in [-0.1, -0.05) is 6.92 Å². The Morgan fingerprint density at radius 1 is 1.33 bits per heavy atom. The summed E-state index contributed by atoms with van der Waals surface area (Å²) < 4.78 is 5.38. The van der Waals surface area contributed by atoms with Crippen molar-refractivity contribution in [1.82, 2.24) is 14.9 Å². The van der Waals surface area contributed by atoms with Crippen LogP contribution in [0.5, 0.6) is 5.88 Å². The second-order valence-corrected chi connectivity index (χ2v) is 5.78. The molecular formula is C15H22N4O2. The average molecular weight is 290 g/mol. The van der Waals surface area contributed by atoms with Crippen LogP contribution < -0.4 is 9.64 Å². The van der Waals surface area contributed by atoms with Crippen molar-refractivity contribution < 1.29 is 9.53 Å². The van der Waals surface area contributed by atoms with Crippen molar-refractivity contribution in [3.63, 3.8) is 0 Å². The van der Waals surface area contributed by atoms with E-state index in [9.17, 15) is 4.79 Å². The highest BCUT2D eigenvalue weighted by molar-refractivity contribution is 5.81. The van der Waals surface area contributed by atoms with E-state index in [1.165, 1.54) is 0 Å². The summed E-state index contributed by atoms with van der Waals surface area (Å²) >= 11 is 0. The van der Waals surface area contributed by atoms with Crippen LogP contribution in [0.2, 0.25) is 0 Å². The molecule has 0 N–H and O–H groups in total. The van der Waals surface area contributed by atoms with Gasteiger partial charge < -0.3 is 14.5 Å². The van der Waals surface area contributed by atoms with Gasteiger partial charge in [0.15, 0.2) is 5.82 Å². The molecule has 2 heterocycles. The quantitative estimate of drug-likeness (QED) is 0.833. The molecule has 0 radical (unpaired) electrons. The van der Waals surface area contributed by atoms with Gasteiger partial charge in [0.1, 0.15) is 0 Å². The van der Waals surface area contributed by atoms with Crippen molar-refractivity contribution in [1.29, 1.82) is 0 Å². The third-order valence-corrected chi connectivity index (χ3v) is 4.23. The lowest BCUT2D eigenvalue weighted by molar-refractivity contribution is -0.133. The van der Waals surface area contributed by atoms with Gasteiger partial charge in [-0.05, 0) is 19.3 Å². The zero-order valence-corrected chi connectivity index (χ0v) is 12.7. The van der Waals surface area contributed by atoms with Crippen LogP contribution >= 0.6 is 0 Å². The molecule has 0 spiro atoms. The molecule has 1 saturated heterocycles. The number of carbonyl (C=O) groups excluding carboxylic acids is 1. The molecule has 6 heteroatoms. The number of rotatable bonds is 4. The lowest BCUT2D eigenvalue weighted by atomic mass is 10.2. The summed E-state index contributed by atoms with van der Waals surface area (Å²) in [4.78, 5) is 25.0. The van der Waals surface area contributed by atoms with Gasteiger partial charge in [-0.25, -0.2) is 0 Å². The number of piperazine rings is 1. The highest BCUT2D eigenvalue weighted by Gasteiger charge is 2.42. The van der Waals surface area contributed by atoms with Crippen molar-refractivity contribution in [2.24, 2.45) is 11.8 Å². The van der Waals surface area contributed by atoms with E-state index in [-0.39, 0.29) is 5.92 Å². The van der Waals surface area contributed by atoms with Crippen molar-refractivity contribution in [3.8, 4) is 5.88 Å². The fraction of sp³-hybridized carbons (Fsp3) is 0.667. The molecule has 2 aliphatic rings. The normalized spacial score (nSPS) is 24.9. The number of ether oxygens (including phenoxy) is 1. The van der Waals surface area contributed by atoms with E-state index in [1.807, 2.05) is 11.8 Å². The third-order valence-electron chi connectivity index (χ3n) is 4.23. The molecule has 2 unspecified atom stereocenters. The maximum atomic E-state index is 12.2. The van der Waals surface area contributed by atoms with E-state index >= 15 is 0 Å². The van der Waals surface area contributed by atoms with Crippen LogP contribution in [0.4, 0.5) is 5.82 Å². The molecule has 0 bridgehead atoms. The predicted octanol–water partition coefficient (Wildman–Crippen LogP) is 1.18. The highest BCUT2D eigenvalue weighted by Crippen LogP contribution is 2.39. The van der Waals surface area contributed by atoms with Crippen molar-refractivity contribution >= 4 is 11.7 Å². The minimum absolute atomic E-state index is 0.276. The van der Waals surface area contributed by atoms with Gasteiger partial charge >= 0.3 is 0 Å². The lowest BCUT2D eigenvalue weighted by Gasteiger charge is -2.35. The van der Waals surface area contributed by atoms with Crippen molar-refractivity contribution in [3.05, 3.63) is 12.4 Å². The Hall–Kier alpha value is -1.85. The van der Waals surface area contributed by atoms with Gasteiger partial charge in [-0.15, -0.1) is 0 Å². The maximum Gasteiger partial charge on any atom is 0.234 e. The van der Waals surface area contributed by atoms with E-state index in [0.29, 0.717) is 24.3 Å². The first-order chi connectivity index (χ1) is 10.2. The van der Waals surface area contributed by atoms with Gasteiger partial charge in [0, 0.05) is 32.1 Å². The molecule has 1 aliphatic carbocycles. The highest BCUT2D eigenvalue weighted by atomic mass is 16.5. The molecule has 21 heavy (non-hydrogen) atoms. The summed E-state index contributed by atoms with van der Waals surface area (Å²) in [5, 5.41) is 0. The second-order valence-electron chi connectivity index (χ2n) is 5.78. The summed E-state index contributed by atoms with van der Waals surface area (Å²) in [7, 11) is 0. The third kappa shape index (κ3) is 3.09.